The lowest BCUT2D eigenvalue weighted by atomic mass is 10.2. The average Bonchev–Trinajstić information content (AvgIpc) is 2.64. The van der Waals surface area contributed by atoms with E-state index in [0.29, 0.717) is 0 Å². The van der Waals surface area contributed by atoms with Gasteiger partial charge in [0.1, 0.15) is 5.82 Å². The third-order valence-corrected chi connectivity index (χ3v) is 5.38. The van der Waals surface area contributed by atoms with Gasteiger partial charge in [0, 0.05) is 25.5 Å². The molecule has 2 aromatic carbocycles. The molecule has 6 nitrogen and oxygen atoms in total. The number of nitrogens with zero attached hydrogens (tertiary/aromatic N) is 2. The van der Waals surface area contributed by atoms with E-state index in [-0.39, 0.29) is 10.7 Å². The highest BCUT2D eigenvalue weighted by Gasteiger charge is 2.14. The monoisotopic (exact) mass is 382 g/mol. The van der Waals surface area contributed by atoms with Crippen LogP contribution in [0.2, 0.25) is 0 Å². The van der Waals surface area contributed by atoms with Crippen molar-refractivity contribution in [1.29, 1.82) is 0 Å². The van der Waals surface area contributed by atoms with E-state index in [0.717, 1.165) is 22.6 Å². The van der Waals surface area contributed by atoms with Gasteiger partial charge >= 0.3 is 0 Å². The van der Waals surface area contributed by atoms with Crippen molar-refractivity contribution in [2.75, 3.05) is 29.0 Å². The molecule has 0 spiro atoms. The van der Waals surface area contributed by atoms with Gasteiger partial charge in [0.25, 0.3) is 10.0 Å². The van der Waals surface area contributed by atoms with Gasteiger partial charge in [-0.05, 0) is 55.5 Å². The highest BCUT2D eigenvalue weighted by molar-refractivity contribution is 7.92. The summed E-state index contributed by atoms with van der Waals surface area (Å²) in [7, 11) is 0.325. The summed E-state index contributed by atoms with van der Waals surface area (Å²) in [6.45, 7) is 1.91. The van der Waals surface area contributed by atoms with Gasteiger partial charge in [-0.15, -0.1) is 0 Å². The number of nitrogens with one attached hydrogen (secondary N) is 2. The van der Waals surface area contributed by atoms with E-state index in [1.54, 1.807) is 42.6 Å². The maximum atomic E-state index is 12.4. The summed E-state index contributed by atoms with van der Waals surface area (Å²) in [6, 6.07) is 18.1. The second kappa shape index (κ2) is 7.67. The number of pyridine rings is 1. The first-order chi connectivity index (χ1) is 12.8. The van der Waals surface area contributed by atoms with Gasteiger partial charge in [-0.2, -0.15) is 0 Å². The Morgan fingerprint density at radius 1 is 0.852 bits per heavy atom. The third-order valence-electron chi connectivity index (χ3n) is 4.01. The fraction of sp³-hybridized carbons (Fsp3) is 0.150. The SMILES string of the molecule is Cc1ccc(S(=O)(=O)Nc2ccc(Nc3ccc(N(C)C)cc3)cn2)cc1. The van der Waals surface area contributed by atoms with Gasteiger partial charge in [0.05, 0.1) is 16.8 Å². The predicted octanol–water partition coefficient (Wildman–Crippen LogP) is 4.00. The molecule has 1 heterocycles. The minimum atomic E-state index is -3.65. The summed E-state index contributed by atoms with van der Waals surface area (Å²) in [5.41, 5.74) is 3.81. The van der Waals surface area contributed by atoms with E-state index in [4.69, 9.17) is 0 Å². The van der Waals surface area contributed by atoms with Gasteiger partial charge in [0.2, 0.25) is 0 Å². The molecule has 140 valence electrons. The summed E-state index contributed by atoms with van der Waals surface area (Å²) in [4.78, 5) is 6.42. The molecule has 2 N–H and O–H groups in total. The van der Waals surface area contributed by atoms with Gasteiger partial charge in [-0.1, -0.05) is 17.7 Å². The number of hydrogen-bond acceptors (Lipinski definition) is 5. The average molecular weight is 382 g/mol. The van der Waals surface area contributed by atoms with Crippen LogP contribution in [0.5, 0.6) is 0 Å². The Kier molecular flexibility index (Phi) is 5.32. The Morgan fingerprint density at radius 2 is 1.48 bits per heavy atom. The molecule has 0 aliphatic carbocycles. The van der Waals surface area contributed by atoms with Crippen LogP contribution in [0, 0.1) is 6.92 Å². The van der Waals surface area contributed by atoms with Gasteiger partial charge in [-0.3, -0.25) is 4.72 Å². The first-order valence-corrected chi connectivity index (χ1v) is 9.92. The quantitative estimate of drug-likeness (QED) is 0.674. The predicted molar refractivity (Wildman–Crippen MR) is 110 cm³/mol. The molecular weight excluding hydrogens is 360 g/mol. The van der Waals surface area contributed by atoms with Crippen molar-refractivity contribution in [3.63, 3.8) is 0 Å². The molecule has 0 aliphatic rings. The smallest absolute Gasteiger partial charge is 0.263 e. The van der Waals surface area contributed by atoms with Crippen LogP contribution in [-0.2, 0) is 10.0 Å². The number of sulfonamides is 1. The van der Waals surface area contributed by atoms with E-state index >= 15 is 0 Å². The molecule has 27 heavy (non-hydrogen) atoms. The van der Waals surface area contributed by atoms with E-state index in [2.05, 4.69) is 15.0 Å². The Balaban J connectivity index is 1.68. The molecule has 0 amide bonds. The zero-order chi connectivity index (χ0) is 19.4. The number of aromatic nitrogens is 1. The van der Waals surface area contributed by atoms with Gasteiger partial charge < -0.3 is 10.2 Å². The topological polar surface area (TPSA) is 74.3 Å². The molecule has 1 aromatic heterocycles. The molecule has 0 bridgehead atoms. The zero-order valence-electron chi connectivity index (χ0n) is 15.5. The van der Waals surface area contributed by atoms with Crippen LogP contribution in [0.25, 0.3) is 0 Å². The Labute approximate surface area is 159 Å². The molecule has 0 radical (unpaired) electrons. The number of anilines is 4. The number of rotatable bonds is 6. The lowest BCUT2D eigenvalue weighted by Crippen LogP contribution is -2.13. The molecule has 0 saturated carbocycles. The molecular formula is C20H22N4O2S. The van der Waals surface area contributed by atoms with Crippen LogP contribution in [0.3, 0.4) is 0 Å². The first kappa shape index (κ1) is 18.7. The molecule has 0 fully saturated rings. The fourth-order valence-electron chi connectivity index (χ4n) is 2.45. The molecule has 0 unspecified atom stereocenters. The fourth-order valence-corrected chi connectivity index (χ4v) is 3.46. The van der Waals surface area contributed by atoms with Gasteiger partial charge in [0.15, 0.2) is 0 Å². The van der Waals surface area contributed by atoms with Crippen molar-refractivity contribution in [2.45, 2.75) is 11.8 Å². The van der Waals surface area contributed by atoms with Crippen LogP contribution in [0.15, 0.2) is 71.8 Å². The standard InChI is InChI=1S/C20H22N4O2S/c1-15-4-11-19(12-5-15)27(25,26)23-20-13-8-17(14-21-20)22-16-6-9-18(10-7-16)24(2)3/h4-14,22H,1-3H3,(H,21,23). The van der Waals surface area contributed by atoms with E-state index in [9.17, 15) is 8.42 Å². The molecule has 0 atom stereocenters. The molecule has 0 aliphatic heterocycles. The number of hydrogen-bond donors (Lipinski definition) is 2. The summed E-state index contributed by atoms with van der Waals surface area (Å²) in [6.07, 6.45) is 1.59. The maximum absolute atomic E-state index is 12.4. The number of benzene rings is 2. The Morgan fingerprint density at radius 3 is 2.04 bits per heavy atom. The second-order valence-electron chi connectivity index (χ2n) is 6.42. The van der Waals surface area contributed by atoms with Crippen molar-refractivity contribution in [2.24, 2.45) is 0 Å². The van der Waals surface area contributed by atoms with Crippen LogP contribution in [0.4, 0.5) is 22.9 Å². The first-order valence-electron chi connectivity index (χ1n) is 8.43. The molecule has 0 saturated heterocycles. The van der Waals surface area contributed by atoms with E-state index in [1.165, 1.54) is 0 Å². The normalized spacial score (nSPS) is 11.1. The molecule has 7 heteroatoms. The summed E-state index contributed by atoms with van der Waals surface area (Å²) in [5, 5.41) is 3.24. The minimum absolute atomic E-state index is 0.207. The highest BCUT2D eigenvalue weighted by atomic mass is 32.2. The minimum Gasteiger partial charge on any atom is -0.378 e. The molecule has 3 rings (SSSR count). The second-order valence-corrected chi connectivity index (χ2v) is 8.10. The van der Waals surface area contributed by atoms with Crippen molar-refractivity contribution in [1.82, 2.24) is 4.98 Å². The van der Waals surface area contributed by atoms with Crippen LogP contribution < -0.4 is 14.9 Å². The van der Waals surface area contributed by atoms with Crippen molar-refractivity contribution in [3.8, 4) is 0 Å². The lowest BCUT2D eigenvalue weighted by molar-refractivity contribution is 0.601. The summed E-state index contributed by atoms with van der Waals surface area (Å²) >= 11 is 0. The van der Waals surface area contributed by atoms with Crippen LogP contribution in [-0.4, -0.2) is 27.5 Å². The zero-order valence-corrected chi connectivity index (χ0v) is 16.3. The largest absolute Gasteiger partial charge is 0.378 e. The Bertz CT molecular complexity index is 997. The van der Waals surface area contributed by atoms with E-state index < -0.39 is 10.0 Å². The van der Waals surface area contributed by atoms with Crippen molar-refractivity contribution >= 4 is 32.9 Å². The van der Waals surface area contributed by atoms with Gasteiger partial charge in [-0.25, -0.2) is 13.4 Å². The maximum Gasteiger partial charge on any atom is 0.263 e. The molecule has 3 aromatic rings. The summed E-state index contributed by atoms with van der Waals surface area (Å²) in [5.74, 6) is 0.268. The van der Waals surface area contributed by atoms with Crippen LogP contribution >= 0.6 is 0 Å². The van der Waals surface area contributed by atoms with Crippen molar-refractivity contribution < 1.29 is 8.42 Å². The summed E-state index contributed by atoms with van der Waals surface area (Å²) < 4.78 is 27.3. The van der Waals surface area contributed by atoms with Crippen LogP contribution in [0.1, 0.15) is 5.56 Å². The lowest BCUT2D eigenvalue weighted by Gasteiger charge is -2.13. The third kappa shape index (κ3) is 4.77. The highest BCUT2D eigenvalue weighted by Crippen LogP contribution is 2.21. The van der Waals surface area contributed by atoms with Crippen molar-refractivity contribution in [3.05, 3.63) is 72.4 Å². The number of aryl methyl sites for hydroxylation is 1. The van der Waals surface area contributed by atoms with E-state index in [1.807, 2.05) is 50.2 Å². The Hall–Kier alpha value is -3.06.